The largest absolute Gasteiger partial charge is 0.495 e. The molecule has 0 aliphatic rings. The van der Waals surface area contributed by atoms with Gasteiger partial charge in [0, 0.05) is 6.26 Å². The Hall–Kier alpha value is -2.87. The van der Waals surface area contributed by atoms with E-state index in [1.807, 2.05) is 0 Å². The number of anilines is 1. The summed E-state index contributed by atoms with van der Waals surface area (Å²) < 4.78 is 33.7. The molecule has 144 valence electrons. The topological polar surface area (TPSA) is 98.8 Å². The summed E-state index contributed by atoms with van der Waals surface area (Å²) in [6.07, 6.45) is -0.0421. The molecule has 0 heterocycles. The van der Waals surface area contributed by atoms with Crippen molar-refractivity contribution < 1.29 is 27.5 Å². The van der Waals surface area contributed by atoms with Crippen molar-refractivity contribution in [3.8, 4) is 5.75 Å². The summed E-state index contributed by atoms with van der Waals surface area (Å²) >= 11 is 0. The number of ether oxygens (including phenoxy) is 2. The number of nitrogens with one attached hydrogen (secondary N) is 1. The lowest BCUT2D eigenvalue weighted by molar-refractivity contribution is -0.123. The van der Waals surface area contributed by atoms with E-state index in [0.717, 1.165) is 6.26 Å². The van der Waals surface area contributed by atoms with Gasteiger partial charge in [0.1, 0.15) is 5.75 Å². The zero-order chi connectivity index (χ0) is 20.2. The van der Waals surface area contributed by atoms with Crippen molar-refractivity contribution in [2.24, 2.45) is 0 Å². The summed E-state index contributed by atoms with van der Waals surface area (Å²) in [7, 11) is -1.99. The minimum Gasteiger partial charge on any atom is -0.495 e. The Morgan fingerprint density at radius 3 is 2.41 bits per heavy atom. The van der Waals surface area contributed by atoms with Crippen LogP contribution in [0.1, 0.15) is 22.8 Å². The monoisotopic (exact) mass is 391 g/mol. The van der Waals surface area contributed by atoms with Crippen molar-refractivity contribution in [3.05, 3.63) is 53.6 Å². The van der Waals surface area contributed by atoms with Crippen LogP contribution in [0.2, 0.25) is 0 Å². The van der Waals surface area contributed by atoms with Crippen molar-refractivity contribution in [3.63, 3.8) is 0 Å². The molecule has 2 aromatic carbocycles. The maximum atomic E-state index is 12.4. The number of hydrogen-bond donors (Lipinski definition) is 1. The fourth-order valence-corrected chi connectivity index (χ4v) is 2.96. The van der Waals surface area contributed by atoms with Crippen molar-refractivity contribution >= 4 is 27.4 Å². The summed E-state index contributed by atoms with van der Waals surface area (Å²) in [5.74, 6) is -0.841. The molecule has 1 amide bonds. The second-order valence-electron chi connectivity index (χ2n) is 5.99. The van der Waals surface area contributed by atoms with Crippen LogP contribution in [-0.4, -0.2) is 39.8 Å². The van der Waals surface area contributed by atoms with Crippen LogP contribution in [0.4, 0.5) is 5.69 Å². The van der Waals surface area contributed by atoms with Gasteiger partial charge in [-0.05, 0) is 43.7 Å². The van der Waals surface area contributed by atoms with Crippen LogP contribution < -0.4 is 10.1 Å². The maximum Gasteiger partial charge on any atom is 0.339 e. The third-order valence-electron chi connectivity index (χ3n) is 3.87. The molecule has 0 fully saturated rings. The predicted octanol–water partition coefficient (Wildman–Crippen LogP) is 2.59. The fraction of sp³-hybridized carbons (Fsp3) is 0.263. The van der Waals surface area contributed by atoms with Gasteiger partial charge in [-0.2, -0.15) is 0 Å². The van der Waals surface area contributed by atoms with Crippen LogP contribution in [0.25, 0.3) is 0 Å². The molecule has 0 spiro atoms. The number of methoxy groups -OCH3 is 1. The molecule has 0 aliphatic heterocycles. The first-order chi connectivity index (χ1) is 12.6. The molecule has 27 heavy (non-hydrogen) atoms. The average Bonchev–Trinajstić information content (AvgIpc) is 2.61. The van der Waals surface area contributed by atoms with E-state index in [1.165, 1.54) is 32.2 Å². The highest BCUT2D eigenvalue weighted by atomic mass is 32.2. The highest BCUT2D eigenvalue weighted by molar-refractivity contribution is 7.90. The van der Waals surface area contributed by atoms with Crippen LogP contribution in [0, 0.1) is 6.92 Å². The van der Waals surface area contributed by atoms with Crippen LogP contribution >= 0.6 is 0 Å². The molecule has 1 N–H and O–H groups in total. The molecule has 0 radical (unpaired) electrons. The first-order valence-electron chi connectivity index (χ1n) is 8.09. The normalized spacial score (nSPS) is 12.1. The van der Waals surface area contributed by atoms with Crippen molar-refractivity contribution in [2.75, 3.05) is 18.7 Å². The highest BCUT2D eigenvalue weighted by Gasteiger charge is 2.22. The van der Waals surface area contributed by atoms with E-state index < -0.39 is 27.8 Å². The van der Waals surface area contributed by atoms with Crippen LogP contribution in [0.15, 0.2) is 47.4 Å². The summed E-state index contributed by atoms with van der Waals surface area (Å²) in [6.45, 7) is 3.08. The van der Waals surface area contributed by atoms with E-state index in [2.05, 4.69) is 5.32 Å². The molecule has 0 saturated heterocycles. The lowest BCUT2D eigenvalue weighted by atomic mass is 10.1. The van der Waals surface area contributed by atoms with Gasteiger partial charge < -0.3 is 14.8 Å². The number of para-hydroxylation sites is 2. The van der Waals surface area contributed by atoms with Gasteiger partial charge in [0.15, 0.2) is 15.9 Å². The quantitative estimate of drug-likeness (QED) is 0.760. The Morgan fingerprint density at radius 2 is 1.78 bits per heavy atom. The Balaban J connectivity index is 2.14. The van der Waals surface area contributed by atoms with Crippen molar-refractivity contribution in [2.45, 2.75) is 24.8 Å². The lowest BCUT2D eigenvalue weighted by Crippen LogP contribution is -2.30. The van der Waals surface area contributed by atoms with Gasteiger partial charge in [-0.1, -0.05) is 18.2 Å². The molecular formula is C19H21NO6S. The zero-order valence-electron chi connectivity index (χ0n) is 15.5. The van der Waals surface area contributed by atoms with Crippen LogP contribution in [-0.2, 0) is 19.4 Å². The standard InChI is InChI=1S/C19H21NO6S/c1-12-9-10-14(27(4,23)24)11-15(12)19(22)26-13(2)18(21)20-16-7-5-6-8-17(16)25-3/h5-11,13H,1-4H3,(H,20,21)/t13-/m1/s1. The summed E-state index contributed by atoms with van der Waals surface area (Å²) in [5, 5.41) is 2.63. The molecule has 8 heteroatoms. The molecule has 0 aliphatic carbocycles. The number of rotatable bonds is 6. The summed E-state index contributed by atoms with van der Waals surface area (Å²) in [4.78, 5) is 24.7. The van der Waals surface area contributed by atoms with E-state index in [1.54, 1.807) is 31.2 Å². The van der Waals surface area contributed by atoms with Gasteiger partial charge in [-0.15, -0.1) is 0 Å². The number of esters is 1. The van der Waals surface area contributed by atoms with E-state index in [4.69, 9.17) is 9.47 Å². The molecule has 0 bridgehead atoms. The number of amides is 1. The van der Waals surface area contributed by atoms with Gasteiger partial charge in [0.25, 0.3) is 5.91 Å². The third kappa shape index (κ3) is 5.07. The number of carbonyl (C=O) groups is 2. The average molecular weight is 391 g/mol. The first kappa shape index (κ1) is 20.4. The fourth-order valence-electron chi connectivity index (χ4n) is 2.31. The first-order valence-corrected chi connectivity index (χ1v) is 9.98. The Bertz CT molecular complexity index is 968. The van der Waals surface area contributed by atoms with E-state index in [9.17, 15) is 18.0 Å². The summed E-state index contributed by atoms with van der Waals surface area (Å²) in [6, 6.07) is 11.0. The number of benzene rings is 2. The Morgan fingerprint density at radius 1 is 1.11 bits per heavy atom. The van der Waals surface area contributed by atoms with E-state index in [0.29, 0.717) is 17.0 Å². The number of aryl methyl sites for hydroxylation is 1. The summed E-state index contributed by atoms with van der Waals surface area (Å²) in [5.41, 5.74) is 1.09. The lowest BCUT2D eigenvalue weighted by Gasteiger charge is -2.16. The molecule has 0 unspecified atom stereocenters. The third-order valence-corrected chi connectivity index (χ3v) is 4.99. The second kappa shape index (κ2) is 8.22. The van der Waals surface area contributed by atoms with Gasteiger partial charge in [0.2, 0.25) is 0 Å². The Labute approximate surface area is 158 Å². The number of hydrogen-bond acceptors (Lipinski definition) is 6. The highest BCUT2D eigenvalue weighted by Crippen LogP contribution is 2.23. The van der Waals surface area contributed by atoms with Gasteiger partial charge >= 0.3 is 5.97 Å². The molecule has 0 aromatic heterocycles. The van der Waals surface area contributed by atoms with Crippen molar-refractivity contribution in [1.82, 2.24) is 0 Å². The van der Waals surface area contributed by atoms with Crippen LogP contribution in [0.5, 0.6) is 5.75 Å². The maximum absolute atomic E-state index is 12.4. The van der Waals surface area contributed by atoms with Gasteiger partial charge in [-0.25, -0.2) is 13.2 Å². The molecule has 2 rings (SSSR count). The van der Waals surface area contributed by atoms with Gasteiger partial charge in [0.05, 0.1) is 23.3 Å². The number of carbonyl (C=O) groups excluding carboxylic acids is 2. The Kier molecular flexibility index (Phi) is 6.22. The van der Waals surface area contributed by atoms with E-state index in [-0.39, 0.29) is 10.5 Å². The zero-order valence-corrected chi connectivity index (χ0v) is 16.3. The second-order valence-corrected chi connectivity index (χ2v) is 8.00. The minimum atomic E-state index is -3.47. The molecule has 0 saturated carbocycles. The van der Waals surface area contributed by atoms with E-state index >= 15 is 0 Å². The molecule has 1 atom stereocenters. The van der Waals surface area contributed by atoms with Gasteiger partial charge in [-0.3, -0.25) is 4.79 Å². The van der Waals surface area contributed by atoms with Crippen molar-refractivity contribution in [1.29, 1.82) is 0 Å². The smallest absolute Gasteiger partial charge is 0.339 e. The van der Waals surface area contributed by atoms with Crippen LogP contribution in [0.3, 0.4) is 0 Å². The predicted molar refractivity (Wildman–Crippen MR) is 101 cm³/mol. The molecule has 2 aromatic rings. The number of sulfone groups is 1. The molecule has 7 nitrogen and oxygen atoms in total. The minimum absolute atomic E-state index is 0.00572. The molecular weight excluding hydrogens is 370 g/mol. The SMILES string of the molecule is COc1ccccc1NC(=O)[C@@H](C)OC(=O)c1cc(S(C)(=O)=O)ccc1C.